The molecule has 0 amide bonds. The summed E-state index contributed by atoms with van der Waals surface area (Å²) in [5.41, 5.74) is 2.14. The molecule has 0 fully saturated rings. The molecule has 0 aliphatic heterocycles. The van der Waals surface area contributed by atoms with Gasteiger partial charge in [-0.05, 0) is 50.5 Å². The van der Waals surface area contributed by atoms with Crippen molar-refractivity contribution in [2.75, 3.05) is 7.05 Å². The van der Waals surface area contributed by atoms with Gasteiger partial charge in [-0.3, -0.25) is 4.98 Å². The first-order chi connectivity index (χ1) is 10.2. The highest BCUT2D eigenvalue weighted by Gasteiger charge is 2.20. The van der Waals surface area contributed by atoms with E-state index in [2.05, 4.69) is 26.8 Å². The fraction of sp³-hybridized carbons (Fsp3) is 0.533. The summed E-state index contributed by atoms with van der Waals surface area (Å²) >= 11 is 1.44. The lowest BCUT2D eigenvalue weighted by Gasteiger charge is -2.17. The van der Waals surface area contributed by atoms with Crippen LogP contribution in [0.3, 0.4) is 0 Å². The molecule has 2 aromatic heterocycles. The highest BCUT2D eigenvalue weighted by Crippen LogP contribution is 2.29. The van der Waals surface area contributed by atoms with Crippen molar-refractivity contribution in [2.45, 2.75) is 45.8 Å². The van der Waals surface area contributed by atoms with Crippen molar-refractivity contribution in [2.24, 2.45) is 0 Å². The van der Waals surface area contributed by atoms with E-state index >= 15 is 0 Å². The molecule has 0 spiro atoms. The Morgan fingerprint density at radius 2 is 2.14 bits per heavy atom. The number of hydrogen-bond donors (Lipinski definition) is 1. The van der Waals surface area contributed by atoms with Crippen LogP contribution in [0.15, 0.2) is 18.5 Å². The lowest BCUT2D eigenvalue weighted by atomic mass is 10.0. The molecule has 2 rings (SSSR count). The minimum Gasteiger partial charge on any atom is -0.489 e. The Bertz CT molecular complexity index is 570. The van der Waals surface area contributed by atoms with E-state index in [0.717, 1.165) is 34.7 Å². The molecule has 0 aliphatic carbocycles. The van der Waals surface area contributed by atoms with Gasteiger partial charge in [-0.1, -0.05) is 17.8 Å². The largest absolute Gasteiger partial charge is 0.489 e. The zero-order chi connectivity index (χ0) is 15.2. The number of aryl methyl sites for hydroxylation is 1. The zero-order valence-electron chi connectivity index (χ0n) is 13.0. The van der Waals surface area contributed by atoms with Crippen molar-refractivity contribution in [1.82, 2.24) is 19.9 Å². The zero-order valence-corrected chi connectivity index (χ0v) is 13.8. The molecule has 114 valence electrons. The van der Waals surface area contributed by atoms with Gasteiger partial charge < -0.3 is 10.1 Å². The normalized spacial score (nSPS) is 12.6. The minimum atomic E-state index is 0.0507. The lowest BCUT2D eigenvalue weighted by molar-refractivity contribution is 0.241. The standard InChI is InChI=1S/C15H22N4OS/c1-5-6-13-15(21-19-18-13)14(16-4)11-7-12(9-17-8-11)20-10(2)3/h7-10,14,16H,5-6H2,1-4H3. The van der Waals surface area contributed by atoms with Gasteiger partial charge in [0.05, 0.1) is 28.9 Å². The summed E-state index contributed by atoms with van der Waals surface area (Å²) in [5.74, 6) is 0.789. The van der Waals surface area contributed by atoms with E-state index in [9.17, 15) is 0 Å². The molecule has 1 atom stereocenters. The SMILES string of the molecule is CCCc1nnsc1C(NC)c1cncc(OC(C)C)c1. The monoisotopic (exact) mass is 306 g/mol. The van der Waals surface area contributed by atoms with Crippen LogP contribution in [0.2, 0.25) is 0 Å². The van der Waals surface area contributed by atoms with E-state index in [1.807, 2.05) is 33.2 Å². The molecule has 0 radical (unpaired) electrons. The van der Waals surface area contributed by atoms with Crippen molar-refractivity contribution in [3.8, 4) is 5.75 Å². The molecule has 21 heavy (non-hydrogen) atoms. The maximum Gasteiger partial charge on any atom is 0.138 e. The Kier molecular flexibility index (Phi) is 5.64. The predicted molar refractivity (Wildman–Crippen MR) is 84.8 cm³/mol. The van der Waals surface area contributed by atoms with Crippen LogP contribution < -0.4 is 10.1 Å². The lowest BCUT2D eigenvalue weighted by Crippen LogP contribution is -2.18. The number of rotatable bonds is 7. The maximum atomic E-state index is 5.73. The smallest absolute Gasteiger partial charge is 0.138 e. The molecule has 5 nitrogen and oxygen atoms in total. The van der Waals surface area contributed by atoms with Gasteiger partial charge in [-0.15, -0.1) is 5.10 Å². The first-order valence-corrected chi connectivity index (χ1v) is 8.03. The molecule has 0 aliphatic rings. The van der Waals surface area contributed by atoms with E-state index < -0.39 is 0 Å². The molecule has 1 N–H and O–H groups in total. The van der Waals surface area contributed by atoms with Crippen LogP contribution in [0, 0.1) is 0 Å². The second-order valence-electron chi connectivity index (χ2n) is 5.18. The number of hydrogen-bond acceptors (Lipinski definition) is 6. The highest BCUT2D eigenvalue weighted by atomic mass is 32.1. The van der Waals surface area contributed by atoms with Crippen molar-refractivity contribution >= 4 is 11.5 Å². The van der Waals surface area contributed by atoms with Crippen LogP contribution >= 0.6 is 11.5 Å². The summed E-state index contributed by atoms with van der Waals surface area (Å²) in [6, 6.07) is 2.08. The maximum absolute atomic E-state index is 5.73. The van der Waals surface area contributed by atoms with Gasteiger partial charge >= 0.3 is 0 Å². The average molecular weight is 306 g/mol. The van der Waals surface area contributed by atoms with Gasteiger partial charge in [0.1, 0.15) is 5.75 Å². The summed E-state index contributed by atoms with van der Waals surface area (Å²) in [5, 5.41) is 7.58. The molecule has 6 heteroatoms. The minimum absolute atomic E-state index is 0.0507. The third kappa shape index (κ3) is 3.98. The fourth-order valence-corrected chi connectivity index (χ4v) is 3.06. The molecule has 0 aromatic carbocycles. The van der Waals surface area contributed by atoms with Crippen LogP contribution in [0.4, 0.5) is 0 Å². The van der Waals surface area contributed by atoms with Crippen LogP contribution in [0.1, 0.15) is 49.4 Å². The van der Waals surface area contributed by atoms with E-state index in [4.69, 9.17) is 4.74 Å². The van der Waals surface area contributed by atoms with Crippen molar-refractivity contribution in [1.29, 1.82) is 0 Å². The molecule has 0 bridgehead atoms. The van der Waals surface area contributed by atoms with Gasteiger partial charge in [-0.25, -0.2) is 0 Å². The van der Waals surface area contributed by atoms with Gasteiger partial charge in [0, 0.05) is 6.20 Å². The summed E-state index contributed by atoms with van der Waals surface area (Å²) in [7, 11) is 1.94. The first kappa shape index (κ1) is 15.9. The highest BCUT2D eigenvalue weighted by molar-refractivity contribution is 7.05. The second kappa shape index (κ2) is 7.47. The van der Waals surface area contributed by atoms with Gasteiger partial charge in [0.15, 0.2) is 0 Å². The van der Waals surface area contributed by atoms with Crippen LogP contribution in [-0.4, -0.2) is 27.7 Å². The van der Waals surface area contributed by atoms with Crippen molar-refractivity contribution in [3.63, 3.8) is 0 Å². The van der Waals surface area contributed by atoms with E-state index in [0.29, 0.717) is 0 Å². The molecule has 0 saturated heterocycles. The van der Waals surface area contributed by atoms with Crippen molar-refractivity contribution in [3.05, 3.63) is 34.6 Å². The number of ether oxygens (including phenoxy) is 1. The topological polar surface area (TPSA) is 59.9 Å². The quantitative estimate of drug-likeness (QED) is 0.852. The molecule has 2 aromatic rings. The Hall–Kier alpha value is -1.53. The number of pyridine rings is 1. The van der Waals surface area contributed by atoms with Gasteiger partial charge in [-0.2, -0.15) is 0 Å². The summed E-state index contributed by atoms with van der Waals surface area (Å²) in [6.07, 6.45) is 5.75. The first-order valence-electron chi connectivity index (χ1n) is 7.25. The van der Waals surface area contributed by atoms with E-state index in [1.165, 1.54) is 11.5 Å². The molecule has 2 heterocycles. The number of aromatic nitrogens is 3. The molecule has 1 unspecified atom stereocenters. The number of nitrogens with one attached hydrogen (secondary N) is 1. The predicted octanol–water partition coefficient (Wildman–Crippen LogP) is 2.98. The Morgan fingerprint density at radius 1 is 1.33 bits per heavy atom. The van der Waals surface area contributed by atoms with E-state index in [1.54, 1.807) is 6.20 Å². The molecule has 0 saturated carbocycles. The Labute approximate surface area is 129 Å². The van der Waals surface area contributed by atoms with Crippen LogP contribution in [0.25, 0.3) is 0 Å². The second-order valence-corrected chi connectivity index (χ2v) is 5.96. The van der Waals surface area contributed by atoms with Crippen LogP contribution in [0.5, 0.6) is 5.75 Å². The van der Waals surface area contributed by atoms with E-state index in [-0.39, 0.29) is 12.1 Å². The number of nitrogens with zero attached hydrogens (tertiary/aromatic N) is 3. The summed E-state index contributed by atoms with van der Waals surface area (Å²) < 4.78 is 9.83. The van der Waals surface area contributed by atoms with Crippen LogP contribution in [-0.2, 0) is 6.42 Å². The third-order valence-corrected chi connectivity index (χ3v) is 3.89. The Balaban J connectivity index is 2.30. The molecular formula is C15H22N4OS. The average Bonchev–Trinajstić information content (AvgIpc) is 2.88. The Morgan fingerprint density at radius 3 is 2.81 bits per heavy atom. The van der Waals surface area contributed by atoms with Gasteiger partial charge in [0.2, 0.25) is 0 Å². The van der Waals surface area contributed by atoms with Crippen molar-refractivity contribution < 1.29 is 4.74 Å². The summed E-state index contributed by atoms with van der Waals surface area (Å²) in [4.78, 5) is 5.45. The molecular weight excluding hydrogens is 284 g/mol. The fourth-order valence-electron chi connectivity index (χ4n) is 2.22. The van der Waals surface area contributed by atoms with Gasteiger partial charge in [0.25, 0.3) is 0 Å². The summed E-state index contributed by atoms with van der Waals surface area (Å²) in [6.45, 7) is 6.17. The third-order valence-electron chi connectivity index (χ3n) is 3.06.